The maximum atomic E-state index is 11.5. The van der Waals surface area contributed by atoms with Crippen LogP contribution in [0, 0.1) is 0 Å². The Morgan fingerprint density at radius 3 is 2.40 bits per heavy atom. The van der Waals surface area contributed by atoms with E-state index in [-0.39, 0.29) is 16.9 Å². The minimum atomic E-state index is -3.71. The summed E-state index contributed by atoms with van der Waals surface area (Å²) in [5.74, 6) is 0.974. The average Bonchev–Trinajstić information content (AvgIpc) is 2.37. The number of hydrogen-bond donors (Lipinski definition) is 0. The minimum Gasteiger partial charge on any atom is -0.490 e. The van der Waals surface area contributed by atoms with E-state index in [1.54, 1.807) is 12.1 Å². The van der Waals surface area contributed by atoms with Crippen LogP contribution in [0.1, 0.15) is 58.4 Å². The molecule has 0 saturated heterocycles. The van der Waals surface area contributed by atoms with Crippen molar-refractivity contribution in [3.8, 4) is 5.75 Å². The highest BCUT2D eigenvalue weighted by Gasteiger charge is 2.18. The lowest BCUT2D eigenvalue weighted by Gasteiger charge is -2.20. The molecule has 3 nitrogen and oxygen atoms in total. The highest BCUT2D eigenvalue weighted by Crippen LogP contribution is 2.33. The van der Waals surface area contributed by atoms with Crippen LogP contribution in [0.4, 0.5) is 0 Å². The zero-order chi connectivity index (χ0) is 15.3. The third-order valence-corrected chi connectivity index (χ3v) is 4.78. The molecule has 2 atom stereocenters. The zero-order valence-corrected chi connectivity index (χ0v) is 14.1. The molecule has 0 fully saturated rings. The molecule has 0 spiro atoms. The van der Waals surface area contributed by atoms with E-state index in [2.05, 4.69) is 20.8 Å². The minimum absolute atomic E-state index is 0.112. The van der Waals surface area contributed by atoms with E-state index in [1.807, 2.05) is 6.92 Å². The van der Waals surface area contributed by atoms with E-state index in [0.29, 0.717) is 0 Å². The van der Waals surface area contributed by atoms with Crippen LogP contribution in [0.15, 0.2) is 23.1 Å². The van der Waals surface area contributed by atoms with Gasteiger partial charge in [-0.05, 0) is 49.4 Å². The molecule has 5 heteroatoms. The van der Waals surface area contributed by atoms with E-state index in [4.69, 9.17) is 15.4 Å². The van der Waals surface area contributed by atoms with Gasteiger partial charge in [-0.2, -0.15) is 0 Å². The van der Waals surface area contributed by atoms with Crippen LogP contribution in [0.3, 0.4) is 0 Å². The van der Waals surface area contributed by atoms with Gasteiger partial charge < -0.3 is 4.74 Å². The van der Waals surface area contributed by atoms with Crippen molar-refractivity contribution in [2.24, 2.45) is 0 Å². The highest BCUT2D eigenvalue weighted by atomic mass is 35.7. The van der Waals surface area contributed by atoms with E-state index in [9.17, 15) is 8.42 Å². The largest absolute Gasteiger partial charge is 0.490 e. The van der Waals surface area contributed by atoms with Gasteiger partial charge in [0.2, 0.25) is 0 Å². The number of benzene rings is 1. The summed E-state index contributed by atoms with van der Waals surface area (Å²) < 4.78 is 28.9. The molecule has 0 bridgehead atoms. The molecule has 1 aromatic rings. The predicted molar refractivity (Wildman–Crippen MR) is 83.2 cm³/mol. The van der Waals surface area contributed by atoms with Crippen LogP contribution in [-0.2, 0) is 9.05 Å². The third-order valence-electron chi connectivity index (χ3n) is 3.43. The summed E-state index contributed by atoms with van der Waals surface area (Å²) in [6.07, 6.45) is 3.04. The van der Waals surface area contributed by atoms with Gasteiger partial charge in [-0.15, -0.1) is 0 Å². The Balaban J connectivity index is 3.17. The van der Waals surface area contributed by atoms with Gasteiger partial charge in [0.25, 0.3) is 9.05 Å². The van der Waals surface area contributed by atoms with Crippen molar-refractivity contribution in [1.82, 2.24) is 0 Å². The molecule has 1 aromatic carbocycles. The van der Waals surface area contributed by atoms with E-state index in [1.165, 1.54) is 6.07 Å². The maximum absolute atomic E-state index is 11.5. The first-order valence-corrected chi connectivity index (χ1v) is 9.35. The smallest absolute Gasteiger partial charge is 0.261 e. The summed E-state index contributed by atoms with van der Waals surface area (Å²) >= 11 is 0. The second kappa shape index (κ2) is 7.32. The lowest BCUT2D eigenvalue weighted by Crippen LogP contribution is -2.13. The molecule has 0 aliphatic carbocycles. The van der Waals surface area contributed by atoms with Crippen molar-refractivity contribution in [2.75, 3.05) is 0 Å². The van der Waals surface area contributed by atoms with Crippen molar-refractivity contribution in [1.29, 1.82) is 0 Å². The summed E-state index contributed by atoms with van der Waals surface area (Å²) in [5, 5.41) is 0. The Bertz CT molecular complexity index is 540. The summed E-state index contributed by atoms with van der Waals surface area (Å²) in [4.78, 5) is 0.130. The molecule has 20 heavy (non-hydrogen) atoms. The van der Waals surface area contributed by atoms with Gasteiger partial charge in [0, 0.05) is 10.7 Å². The van der Waals surface area contributed by atoms with Crippen LogP contribution in [0.2, 0.25) is 0 Å². The topological polar surface area (TPSA) is 43.4 Å². The van der Waals surface area contributed by atoms with Gasteiger partial charge in [-0.3, -0.25) is 0 Å². The van der Waals surface area contributed by atoms with Gasteiger partial charge in [-0.25, -0.2) is 8.42 Å². The van der Waals surface area contributed by atoms with Crippen molar-refractivity contribution >= 4 is 19.7 Å². The quantitative estimate of drug-likeness (QED) is 0.685. The molecule has 0 amide bonds. The SMILES string of the molecule is CCCC(C)Oc1ccc(S(=O)(=O)Cl)cc1C(C)CC. The van der Waals surface area contributed by atoms with Crippen molar-refractivity contribution in [2.45, 2.75) is 63.9 Å². The Hall–Kier alpha value is -0.740. The standard InChI is InChI=1S/C15H23ClO3S/c1-5-7-12(4)19-15-9-8-13(20(16,17)18)10-14(15)11(3)6-2/h8-12H,5-7H2,1-4H3. The van der Waals surface area contributed by atoms with Crippen molar-refractivity contribution < 1.29 is 13.2 Å². The normalized spacial score (nSPS) is 14.8. The molecule has 0 aliphatic heterocycles. The van der Waals surface area contributed by atoms with Crippen LogP contribution in [-0.4, -0.2) is 14.5 Å². The lowest BCUT2D eigenvalue weighted by atomic mass is 9.97. The summed E-state index contributed by atoms with van der Waals surface area (Å²) in [6.45, 7) is 8.25. The molecule has 114 valence electrons. The highest BCUT2D eigenvalue weighted by molar-refractivity contribution is 8.13. The molecule has 2 unspecified atom stereocenters. The summed E-state index contributed by atoms with van der Waals surface area (Å²) in [5.41, 5.74) is 0.900. The Labute approximate surface area is 126 Å². The Morgan fingerprint density at radius 2 is 1.90 bits per heavy atom. The van der Waals surface area contributed by atoms with Gasteiger partial charge in [0.15, 0.2) is 0 Å². The second-order valence-corrected chi connectivity index (χ2v) is 7.73. The van der Waals surface area contributed by atoms with Crippen molar-refractivity contribution in [3.63, 3.8) is 0 Å². The van der Waals surface area contributed by atoms with Gasteiger partial charge in [0.1, 0.15) is 5.75 Å². The molecule has 0 heterocycles. The molecule has 1 rings (SSSR count). The van der Waals surface area contributed by atoms with Gasteiger partial charge in [0.05, 0.1) is 11.0 Å². The number of hydrogen-bond acceptors (Lipinski definition) is 3. The van der Waals surface area contributed by atoms with E-state index in [0.717, 1.165) is 30.6 Å². The number of rotatable bonds is 7. The molecule has 0 aromatic heterocycles. The van der Waals surface area contributed by atoms with Crippen LogP contribution in [0.5, 0.6) is 5.75 Å². The first kappa shape index (κ1) is 17.3. The van der Waals surface area contributed by atoms with Crippen LogP contribution >= 0.6 is 10.7 Å². The fraction of sp³-hybridized carbons (Fsp3) is 0.600. The first-order valence-electron chi connectivity index (χ1n) is 7.04. The fourth-order valence-corrected chi connectivity index (χ4v) is 2.86. The van der Waals surface area contributed by atoms with Crippen LogP contribution < -0.4 is 4.74 Å². The van der Waals surface area contributed by atoms with Gasteiger partial charge >= 0.3 is 0 Å². The molecular weight excluding hydrogens is 296 g/mol. The Morgan fingerprint density at radius 1 is 1.25 bits per heavy atom. The zero-order valence-electron chi connectivity index (χ0n) is 12.5. The average molecular weight is 319 g/mol. The lowest BCUT2D eigenvalue weighted by molar-refractivity contribution is 0.207. The molecule has 0 N–H and O–H groups in total. The summed E-state index contributed by atoms with van der Waals surface area (Å²) in [7, 11) is 1.71. The van der Waals surface area contributed by atoms with Gasteiger partial charge in [-0.1, -0.05) is 27.2 Å². The Kier molecular flexibility index (Phi) is 6.34. The monoisotopic (exact) mass is 318 g/mol. The molecule has 0 radical (unpaired) electrons. The number of ether oxygens (including phenoxy) is 1. The third kappa shape index (κ3) is 4.67. The fourth-order valence-electron chi connectivity index (χ4n) is 2.07. The predicted octanol–water partition coefficient (Wildman–Crippen LogP) is 4.70. The maximum Gasteiger partial charge on any atom is 0.261 e. The number of halogens is 1. The second-order valence-electron chi connectivity index (χ2n) is 5.16. The molecule has 0 aliphatic rings. The molecule has 0 saturated carbocycles. The van der Waals surface area contributed by atoms with E-state index < -0.39 is 9.05 Å². The summed E-state index contributed by atoms with van der Waals surface area (Å²) in [6, 6.07) is 4.84. The van der Waals surface area contributed by atoms with Crippen molar-refractivity contribution in [3.05, 3.63) is 23.8 Å². The van der Waals surface area contributed by atoms with Crippen LogP contribution in [0.25, 0.3) is 0 Å². The first-order chi connectivity index (χ1) is 9.29. The molecular formula is C15H23ClO3S. The van der Waals surface area contributed by atoms with E-state index >= 15 is 0 Å².